The minimum atomic E-state index is -0.430. The number of carbonyl (C=O) groups excluding carboxylic acids is 1. The van der Waals surface area contributed by atoms with Crippen LogP contribution in [-0.4, -0.2) is 50.2 Å². The van der Waals surface area contributed by atoms with Crippen molar-refractivity contribution < 1.29 is 9.53 Å². The van der Waals surface area contributed by atoms with Gasteiger partial charge in [-0.05, 0) is 39.8 Å². The van der Waals surface area contributed by atoms with E-state index in [9.17, 15) is 4.79 Å². The van der Waals surface area contributed by atoms with Gasteiger partial charge in [-0.3, -0.25) is 4.79 Å². The number of ether oxygens (including phenoxy) is 1. The molecule has 1 fully saturated rings. The first-order valence-corrected chi connectivity index (χ1v) is 7.13. The van der Waals surface area contributed by atoms with Gasteiger partial charge in [0.05, 0.1) is 6.61 Å². The standard InChI is InChI=1S/C14H28N2O2/c1-5-12-8-7-9-14(12,13(17)18-6-2)15-10-11-16(3)4/h12,15H,5-11H2,1-4H3. The van der Waals surface area contributed by atoms with Crippen LogP contribution in [0.1, 0.15) is 39.5 Å². The van der Waals surface area contributed by atoms with Crippen LogP contribution >= 0.6 is 0 Å². The van der Waals surface area contributed by atoms with E-state index in [2.05, 4.69) is 17.1 Å². The van der Waals surface area contributed by atoms with Crippen molar-refractivity contribution in [2.24, 2.45) is 5.92 Å². The maximum absolute atomic E-state index is 12.3. The van der Waals surface area contributed by atoms with Gasteiger partial charge in [-0.1, -0.05) is 19.8 Å². The number of hydrogen-bond acceptors (Lipinski definition) is 4. The van der Waals surface area contributed by atoms with E-state index < -0.39 is 5.54 Å². The molecule has 1 aliphatic carbocycles. The lowest BCUT2D eigenvalue weighted by Crippen LogP contribution is -2.56. The quantitative estimate of drug-likeness (QED) is 0.703. The Kier molecular flexibility index (Phi) is 6.09. The first-order valence-electron chi connectivity index (χ1n) is 7.13. The molecule has 0 spiro atoms. The fourth-order valence-electron chi connectivity index (χ4n) is 2.97. The highest BCUT2D eigenvalue weighted by Crippen LogP contribution is 2.38. The molecule has 1 N–H and O–H groups in total. The first-order chi connectivity index (χ1) is 8.56. The normalized spacial score (nSPS) is 27.7. The number of esters is 1. The number of hydrogen-bond donors (Lipinski definition) is 1. The van der Waals surface area contributed by atoms with Gasteiger partial charge in [-0.2, -0.15) is 0 Å². The van der Waals surface area contributed by atoms with E-state index in [1.54, 1.807) is 0 Å². The predicted octanol–water partition coefficient (Wildman–Crippen LogP) is 1.65. The summed E-state index contributed by atoms with van der Waals surface area (Å²) in [5, 5.41) is 3.50. The zero-order valence-corrected chi connectivity index (χ0v) is 12.3. The molecule has 4 heteroatoms. The molecule has 106 valence electrons. The zero-order valence-electron chi connectivity index (χ0n) is 12.3. The molecule has 1 rings (SSSR count). The third kappa shape index (κ3) is 3.45. The van der Waals surface area contributed by atoms with Gasteiger partial charge in [-0.25, -0.2) is 0 Å². The van der Waals surface area contributed by atoms with Crippen LogP contribution in [0.3, 0.4) is 0 Å². The van der Waals surface area contributed by atoms with E-state index in [1.807, 2.05) is 21.0 Å². The Morgan fingerprint density at radius 1 is 1.44 bits per heavy atom. The lowest BCUT2D eigenvalue weighted by molar-refractivity contribution is -0.153. The van der Waals surface area contributed by atoms with Crippen LogP contribution in [0.15, 0.2) is 0 Å². The molecule has 0 bridgehead atoms. The molecule has 0 radical (unpaired) electrons. The molecule has 0 amide bonds. The molecule has 2 atom stereocenters. The number of nitrogens with one attached hydrogen (secondary N) is 1. The summed E-state index contributed by atoms with van der Waals surface area (Å²) in [7, 11) is 4.09. The van der Waals surface area contributed by atoms with Crippen LogP contribution in [0.25, 0.3) is 0 Å². The third-order valence-electron chi connectivity index (χ3n) is 3.95. The van der Waals surface area contributed by atoms with E-state index in [-0.39, 0.29) is 5.97 Å². The fourth-order valence-corrected chi connectivity index (χ4v) is 2.97. The first kappa shape index (κ1) is 15.4. The molecular formula is C14H28N2O2. The van der Waals surface area contributed by atoms with Crippen molar-refractivity contribution in [1.29, 1.82) is 0 Å². The summed E-state index contributed by atoms with van der Waals surface area (Å²) >= 11 is 0. The molecule has 0 saturated heterocycles. The summed E-state index contributed by atoms with van der Waals surface area (Å²) in [5.41, 5.74) is -0.430. The van der Waals surface area contributed by atoms with E-state index in [0.29, 0.717) is 12.5 Å². The van der Waals surface area contributed by atoms with Crippen LogP contribution in [0.5, 0.6) is 0 Å². The van der Waals surface area contributed by atoms with Crippen molar-refractivity contribution in [3.05, 3.63) is 0 Å². The maximum Gasteiger partial charge on any atom is 0.326 e. The molecule has 2 unspecified atom stereocenters. The molecule has 0 aliphatic heterocycles. The summed E-state index contributed by atoms with van der Waals surface area (Å²) in [6, 6.07) is 0. The minimum Gasteiger partial charge on any atom is -0.465 e. The highest BCUT2D eigenvalue weighted by molar-refractivity contribution is 5.81. The van der Waals surface area contributed by atoms with Gasteiger partial charge in [0.2, 0.25) is 0 Å². The van der Waals surface area contributed by atoms with Gasteiger partial charge >= 0.3 is 5.97 Å². The Bertz CT molecular complexity index is 269. The van der Waals surface area contributed by atoms with E-state index >= 15 is 0 Å². The van der Waals surface area contributed by atoms with E-state index in [0.717, 1.165) is 38.8 Å². The Hall–Kier alpha value is -0.610. The summed E-state index contributed by atoms with van der Waals surface area (Å²) in [6.45, 7) is 6.28. The lowest BCUT2D eigenvalue weighted by Gasteiger charge is -2.34. The average molecular weight is 256 g/mol. The van der Waals surface area contributed by atoms with Crippen LogP contribution in [0.4, 0.5) is 0 Å². The minimum absolute atomic E-state index is 0.0480. The summed E-state index contributed by atoms with van der Waals surface area (Å²) in [6.07, 6.45) is 4.20. The second-order valence-electron chi connectivity index (χ2n) is 5.42. The average Bonchev–Trinajstić information content (AvgIpc) is 2.73. The topological polar surface area (TPSA) is 41.6 Å². The Balaban J connectivity index is 2.71. The second kappa shape index (κ2) is 7.10. The van der Waals surface area contributed by atoms with Crippen molar-refractivity contribution in [3.8, 4) is 0 Å². The number of likely N-dealkylation sites (N-methyl/N-ethyl adjacent to an activating group) is 1. The van der Waals surface area contributed by atoms with Crippen molar-refractivity contribution >= 4 is 5.97 Å². The number of nitrogens with zero attached hydrogens (tertiary/aromatic N) is 1. The van der Waals surface area contributed by atoms with Crippen LogP contribution in [-0.2, 0) is 9.53 Å². The van der Waals surface area contributed by atoms with Crippen LogP contribution < -0.4 is 5.32 Å². The molecular weight excluding hydrogens is 228 g/mol. The second-order valence-corrected chi connectivity index (χ2v) is 5.42. The molecule has 1 aliphatic rings. The molecule has 18 heavy (non-hydrogen) atoms. The highest BCUT2D eigenvalue weighted by Gasteiger charge is 2.48. The van der Waals surface area contributed by atoms with Crippen LogP contribution in [0, 0.1) is 5.92 Å². The Morgan fingerprint density at radius 2 is 2.17 bits per heavy atom. The molecule has 0 aromatic rings. The lowest BCUT2D eigenvalue weighted by atomic mass is 9.85. The van der Waals surface area contributed by atoms with Crippen molar-refractivity contribution in [2.45, 2.75) is 45.1 Å². The largest absolute Gasteiger partial charge is 0.465 e. The maximum atomic E-state index is 12.3. The monoisotopic (exact) mass is 256 g/mol. The van der Waals surface area contributed by atoms with Gasteiger partial charge < -0.3 is 15.0 Å². The summed E-state index contributed by atoms with van der Waals surface area (Å²) in [5.74, 6) is 0.367. The van der Waals surface area contributed by atoms with Gasteiger partial charge in [-0.15, -0.1) is 0 Å². The van der Waals surface area contributed by atoms with Crippen molar-refractivity contribution in [3.63, 3.8) is 0 Å². The van der Waals surface area contributed by atoms with Gasteiger partial charge in [0.15, 0.2) is 0 Å². The smallest absolute Gasteiger partial charge is 0.326 e. The van der Waals surface area contributed by atoms with Crippen molar-refractivity contribution in [2.75, 3.05) is 33.8 Å². The van der Waals surface area contributed by atoms with Crippen molar-refractivity contribution in [1.82, 2.24) is 10.2 Å². The Labute approximate surface area is 111 Å². The van der Waals surface area contributed by atoms with Gasteiger partial charge in [0.25, 0.3) is 0 Å². The Morgan fingerprint density at radius 3 is 2.72 bits per heavy atom. The molecule has 4 nitrogen and oxygen atoms in total. The van der Waals surface area contributed by atoms with E-state index in [4.69, 9.17) is 4.74 Å². The fraction of sp³-hybridized carbons (Fsp3) is 0.929. The number of rotatable bonds is 7. The summed E-state index contributed by atoms with van der Waals surface area (Å²) < 4.78 is 5.30. The zero-order chi connectivity index (χ0) is 13.6. The third-order valence-corrected chi connectivity index (χ3v) is 3.95. The highest BCUT2D eigenvalue weighted by atomic mass is 16.5. The van der Waals surface area contributed by atoms with E-state index in [1.165, 1.54) is 0 Å². The summed E-state index contributed by atoms with van der Waals surface area (Å²) in [4.78, 5) is 14.4. The predicted molar refractivity (Wildman–Crippen MR) is 73.6 cm³/mol. The van der Waals surface area contributed by atoms with Crippen LogP contribution in [0.2, 0.25) is 0 Å². The number of carbonyl (C=O) groups is 1. The molecule has 1 saturated carbocycles. The SMILES string of the molecule is CCOC(=O)C1(NCCN(C)C)CCCC1CC. The molecule has 0 aromatic heterocycles. The molecule has 0 heterocycles. The van der Waals surface area contributed by atoms with Gasteiger partial charge in [0.1, 0.15) is 5.54 Å². The molecule has 0 aromatic carbocycles. The van der Waals surface area contributed by atoms with Gasteiger partial charge in [0, 0.05) is 13.1 Å².